The zero-order valence-corrected chi connectivity index (χ0v) is 23.0. The van der Waals surface area contributed by atoms with Crippen molar-refractivity contribution in [3.05, 3.63) is 83.8 Å². The maximum Gasteiger partial charge on any atom is 0.157 e. The number of nitrogens with two attached hydrogens (primary N) is 1. The Labute approximate surface area is 239 Å². The van der Waals surface area contributed by atoms with Gasteiger partial charge in [-0.3, -0.25) is 24.3 Å². The Bertz CT molecular complexity index is 1870. The summed E-state index contributed by atoms with van der Waals surface area (Å²) in [5.74, 6) is 0.983. The molecule has 0 amide bonds. The summed E-state index contributed by atoms with van der Waals surface area (Å²) in [6.45, 7) is 1.82. The maximum atomic E-state index is 6.79. The van der Waals surface area contributed by atoms with Gasteiger partial charge >= 0.3 is 0 Å². The number of aromatic nitrogens is 7. The van der Waals surface area contributed by atoms with Crippen molar-refractivity contribution in [1.29, 1.82) is 0 Å². The number of fused-ring (bicyclic) bond motifs is 1. The molecule has 1 aliphatic heterocycles. The number of anilines is 1. The lowest BCUT2D eigenvalue weighted by atomic mass is 9.73. The Kier molecular flexibility index (Phi) is 5.45. The molecule has 40 heavy (non-hydrogen) atoms. The first-order valence-electron chi connectivity index (χ1n) is 13.2. The second-order valence-corrected chi connectivity index (χ2v) is 12.0. The average molecular weight is 566 g/mol. The number of pyridine rings is 3. The molecule has 11 heteroatoms. The van der Waals surface area contributed by atoms with Crippen molar-refractivity contribution in [3.63, 3.8) is 0 Å². The highest BCUT2D eigenvalue weighted by molar-refractivity contribution is 7.99. The number of nitrogens with zero attached hydrogens (tertiary/aromatic N) is 8. The third-order valence-corrected chi connectivity index (χ3v) is 10.1. The van der Waals surface area contributed by atoms with Crippen LogP contribution in [0.3, 0.4) is 0 Å². The summed E-state index contributed by atoms with van der Waals surface area (Å²) in [5.41, 5.74) is 13.4. The van der Waals surface area contributed by atoms with Crippen LogP contribution in [-0.4, -0.2) is 47.4 Å². The molecule has 0 bridgehead atoms. The fraction of sp³-hybridized carbons (Fsp3) is 0.241. The molecule has 1 spiro atoms. The SMILES string of the molecule is N[C@H]1c2cnccc2CC12CCN(c1nc3ccc(Sc4ccnc(-c5cnccn5)c4Cl)c4ncc1n34)CC2. The van der Waals surface area contributed by atoms with E-state index in [0.717, 1.165) is 64.8 Å². The van der Waals surface area contributed by atoms with E-state index in [2.05, 4.69) is 41.4 Å². The molecule has 7 heterocycles. The number of piperidine rings is 1. The highest BCUT2D eigenvalue weighted by atomic mass is 35.5. The molecular weight excluding hydrogens is 542 g/mol. The van der Waals surface area contributed by atoms with Gasteiger partial charge in [-0.2, -0.15) is 0 Å². The van der Waals surface area contributed by atoms with Crippen molar-refractivity contribution in [2.45, 2.75) is 35.1 Å². The quantitative estimate of drug-likeness (QED) is 0.307. The Morgan fingerprint density at radius 2 is 1.77 bits per heavy atom. The van der Waals surface area contributed by atoms with Crippen LogP contribution in [0.2, 0.25) is 5.02 Å². The van der Waals surface area contributed by atoms with Crippen LogP contribution in [0.25, 0.3) is 28.2 Å². The lowest BCUT2D eigenvalue weighted by Crippen LogP contribution is -2.44. The Morgan fingerprint density at radius 3 is 2.60 bits per heavy atom. The molecular formula is C29H24ClN9S. The topological polar surface area (TPSA) is 111 Å². The second kappa shape index (κ2) is 9.09. The molecule has 6 aromatic heterocycles. The van der Waals surface area contributed by atoms with Crippen LogP contribution in [-0.2, 0) is 6.42 Å². The molecule has 0 saturated carbocycles. The van der Waals surface area contributed by atoms with Gasteiger partial charge in [0.25, 0.3) is 0 Å². The summed E-state index contributed by atoms with van der Waals surface area (Å²) in [4.78, 5) is 31.4. The Balaban J connectivity index is 1.08. The van der Waals surface area contributed by atoms with E-state index in [4.69, 9.17) is 27.3 Å². The lowest BCUT2D eigenvalue weighted by molar-refractivity contribution is 0.187. The van der Waals surface area contributed by atoms with E-state index in [-0.39, 0.29) is 11.5 Å². The molecule has 1 atom stereocenters. The third-order valence-electron chi connectivity index (χ3n) is 8.47. The van der Waals surface area contributed by atoms with Crippen molar-refractivity contribution < 1.29 is 0 Å². The number of hydrogen-bond donors (Lipinski definition) is 1. The van der Waals surface area contributed by atoms with Gasteiger partial charge in [0, 0.05) is 55.0 Å². The smallest absolute Gasteiger partial charge is 0.157 e. The highest BCUT2D eigenvalue weighted by Gasteiger charge is 2.46. The van der Waals surface area contributed by atoms with Crippen molar-refractivity contribution >= 4 is 46.0 Å². The number of rotatable bonds is 4. The van der Waals surface area contributed by atoms with Gasteiger partial charge in [0.05, 0.1) is 22.3 Å². The molecule has 8 rings (SSSR count). The fourth-order valence-electron chi connectivity index (χ4n) is 6.35. The highest BCUT2D eigenvalue weighted by Crippen LogP contribution is 2.51. The summed E-state index contributed by atoms with van der Waals surface area (Å²) in [6, 6.07) is 8.19. The number of halogens is 1. The molecule has 0 radical (unpaired) electrons. The number of hydrogen-bond acceptors (Lipinski definition) is 9. The summed E-state index contributed by atoms with van der Waals surface area (Å²) in [7, 11) is 0. The van der Waals surface area contributed by atoms with Crippen LogP contribution in [0.15, 0.2) is 77.4 Å². The lowest BCUT2D eigenvalue weighted by Gasteiger charge is -2.42. The molecule has 9 nitrogen and oxygen atoms in total. The van der Waals surface area contributed by atoms with E-state index < -0.39 is 0 Å². The van der Waals surface area contributed by atoms with Crippen LogP contribution < -0.4 is 10.6 Å². The Hall–Kier alpha value is -3.86. The van der Waals surface area contributed by atoms with Gasteiger partial charge in [-0.1, -0.05) is 23.4 Å². The van der Waals surface area contributed by atoms with Crippen molar-refractivity contribution in [2.75, 3.05) is 18.0 Å². The summed E-state index contributed by atoms with van der Waals surface area (Å²) < 4.78 is 2.14. The number of imidazole rings is 2. The van der Waals surface area contributed by atoms with Gasteiger partial charge in [0.15, 0.2) is 11.5 Å². The molecule has 2 N–H and O–H groups in total. The first kappa shape index (κ1) is 24.0. The van der Waals surface area contributed by atoms with Crippen molar-refractivity contribution in [3.8, 4) is 11.4 Å². The molecule has 6 aromatic rings. The van der Waals surface area contributed by atoms with Gasteiger partial charge in [-0.15, -0.1) is 0 Å². The molecule has 0 unspecified atom stereocenters. The maximum absolute atomic E-state index is 6.79. The van der Waals surface area contributed by atoms with E-state index >= 15 is 0 Å². The fourth-order valence-corrected chi connectivity index (χ4v) is 7.60. The zero-order chi connectivity index (χ0) is 26.8. The molecule has 1 fully saturated rings. The zero-order valence-electron chi connectivity index (χ0n) is 21.4. The molecule has 1 saturated heterocycles. The van der Waals surface area contributed by atoms with E-state index in [1.54, 1.807) is 36.5 Å². The first-order chi connectivity index (χ1) is 19.6. The van der Waals surface area contributed by atoms with Crippen molar-refractivity contribution in [2.24, 2.45) is 11.1 Å². The van der Waals surface area contributed by atoms with Gasteiger partial charge in [0.2, 0.25) is 0 Å². The largest absolute Gasteiger partial charge is 0.355 e. The molecule has 1 aliphatic carbocycles. The minimum Gasteiger partial charge on any atom is -0.355 e. The van der Waals surface area contributed by atoms with Crippen molar-refractivity contribution in [1.82, 2.24) is 34.3 Å². The average Bonchev–Trinajstić information content (AvgIpc) is 3.67. The normalized spacial score (nSPS) is 18.2. The van der Waals surface area contributed by atoms with Crippen LogP contribution in [0.4, 0.5) is 5.82 Å². The first-order valence-corrected chi connectivity index (χ1v) is 14.4. The molecule has 198 valence electrons. The van der Waals surface area contributed by atoms with Gasteiger partial charge in [-0.05, 0) is 60.1 Å². The second-order valence-electron chi connectivity index (χ2n) is 10.5. The standard InChI is InChI=1S/C29H24ClN9S/c30-24-21(4-8-35-25(24)19-15-33-9-10-34-19)40-22-1-2-23-37-27(20-16-36-28(22)39(20)23)38-11-5-29(6-12-38)13-17-3-7-32-14-18(17)26(29)31/h1-4,7-10,14-16,26H,5-6,11-13,31H2/t26-/m0/s1. The predicted octanol–water partition coefficient (Wildman–Crippen LogP) is 5.21. The summed E-state index contributed by atoms with van der Waals surface area (Å²) in [5, 5.41) is 0.541. The summed E-state index contributed by atoms with van der Waals surface area (Å²) >= 11 is 8.35. The van der Waals surface area contributed by atoms with Gasteiger partial charge in [-0.25, -0.2) is 9.97 Å². The third kappa shape index (κ3) is 3.59. The van der Waals surface area contributed by atoms with Crippen LogP contribution in [0, 0.1) is 5.41 Å². The molecule has 0 aromatic carbocycles. The predicted molar refractivity (Wildman–Crippen MR) is 155 cm³/mol. The van der Waals surface area contributed by atoms with E-state index in [9.17, 15) is 0 Å². The monoisotopic (exact) mass is 565 g/mol. The summed E-state index contributed by atoms with van der Waals surface area (Å²) in [6.07, 6.45) is 15.5. The minimum atomic E-state index is 0.0387. The van der Waals surface area contributed by atoms with Crippen LogP contribution >= 0.6 is 23.4 Å². The van der Waals surface area contributed by atoms with Crippen LogP contribution in [0.1, 0.15) is 30.0 Å². The van der Waals surface area contributed by atoms with E-state index in [1.807, 2.05) is 30.7 Å². The van der Waals surface area contributed by atoms with Gasteiger partial charge in [0.1, 0.15) is 22.6 Å². The molecule has 2 aliphatic rings. The minimum absolute atomic E-state index is 0.0387. The Morgan fingerprint density at radius 1 is 0.900 bits per heavy atom. The van der Waals surface area contributed by atoms with Gasteiger partial charge < -0.3 is 10.6 Å². The van der Waals surface area contributed by atoms with E-state index in [0.29, 0.717) is 16.4 Å². The van der Waals surface area contributed by atoms with E-state index in [1.165, 1.54) is 11.1 Å². The van der Waals surface area contributed by atoms with Crippen LogP contribution in [0.5, 0.6) is 0 Å².